The second-order valence-electron chi connectivity index (χ2n) is 8.00. The van der Waals surface area contributed by atoms with Crippen LogP contribution in [0, 0.1) is 0 Å². The summed E-state index contributed by atoms with van der Waals surface area (Å²) in [7, 11) is -3.86. The number of sulfonamides is 1. The highest BCUT2D eigenvalue weighted by Crippen LogP contribution is 2.22. The van der Waals surface area contributed by atoms with Gasteiger partial charge in [-0.1, -0.05) is 12.1 Å². The molecule has 2 aromatic rings. The van der Waals surface area contributed by atoms with Crippen LogP contribution in [0.4, 0.5) is 11.4 Å². The molecule has 0 aliphatic carbocycles. The Bertz CT molecular complexity index is 1050. The van der Waals surface area contributed by atoms with E-state index in [0.29, 0.717) is 24.4 Å². The number of nitrogens with one attached hydrogen (secondary N) is 2. The molecule has 0 bridgehead atoms. The molecule has 0 atom stereocenters. The van der Waals surface area contributed by atoms with Crippen LogP contribution < -0.4 is 19.7 Å². The van der Waals surface area contributed by atoms with Crippen LogP contribution in [0.25, 0.3) is 0 Å². The second kappa shape index (κ2) is 10.5. The van der Waals surface area contributed by atoms with E-state index in [2.05, 4.69) is 10.0 Å². The fourth-order valence-electron chi connectivity index (χ4n) is 3.43. The van der Waals surface area contributed by atoms with Gasteiger partial charge in [-0.3, -0.25) is 14.3 Å². The third-order valence-electron chi connectivity index (χ3n) is 4.86. The maximum Gasteiger partial charge on any atom is 0.241 e. The monoisotopic (exact) mass is 459 g/mol. The van der Waals surface area contributed by atoms with Crippen molar-refractivity contribution in [3.63, 3.8) is 0 Å². The maximum absolute atomic E-state index is 12.3. The fourth-order valence-corrected chi connectivity index (χ4v) is 4.44. The largest absolute Gasteiger partial charge is 0.491 e. The Labute approximate surface area is 189 Å². The highest BCUT2D eigenvalue weighted by atomic mass is 32.2. The molecule has 0 radical (unpaired) electrons. The second-order valence-corrected chi connectivity index (χ2v) is 9.72. The molecule has 2 N–H and O–H groups in total. The third kappa shape index (κ3) is 6.98. The van der Waals surface area contributed by atoms with Gasteiger partial charge in [0.05, 0.1) is 6.10 Å². The molecule has 9 heteroatoms. The molecule has 1 aliphatic rings. The summed E-state index contributed by atoms with van der Waals surface area (Å²) in [5, 5.41) is 2.63. The van der Waals surface area contributed by atoms with Crippen LogP contribution in [0.1, 0.15) is 38.7 Å². The number of benzene rings is 2. The molecule has 172 valence electrons. The molecule has 0 unspecified atom stereocenters. The normalized spacial score (nSPS) is 14.3. The Balaban J connectivity index is 1.53. The third-order valence-corrected chi connectivity index (χ3v) is 6.04. The number of ether oxygens (including phenoxy) is 1. The van der Waals surface area contributed by atoms with Crippen molar-refractivity contribution in [2.45, 2.75) is 45.8 Å². The van der Waals surface area contributed by atoms with E-state index < -0.39 is 21.7 Å². The summed E-state index contributed by atoms with van der Waals surface area (Å²) in [6.07, 6.45) is 2.43. The Morgan fingerprint density at radius 2 is 1.88 bits per heavy atom. The van der Waals surface area contributed by atoms with Gasteiger partial charge in [0, 0.05) is 30.9 Å². The zero-order chi connectivity index (χ0) is 23.1. The molecule has 1 saturated heterocycles. The number of carbonyl (C=O) groups is 2. The summed E-state index contributed by atoms with van der Waals surface area (Å²) in [5.41, 5.74) is 1.94. The SMILES string of the molecule is CC(C)Oc1ccc(NS(=O)(=O)CC(=O)NCc2cccc(N3CCCCC3=O)c2)cc1. The number of nitrogens with zero attached hydrogens (tertiary/aromatic N) is 1. The predicted molar refractivity (Wildman–Crippen MR) is 124 cm³/mol. The molecule has 1 fully saturated rings. The molecule has 0 spiro atoms. The van der Waals surface area contributed by atoms with Crippen LogP contribution in [0.15, 0.2) is 48.5 Å². The van der Waals surface area contributed by atoms with Gasteiger partial charge in [-0.05, 0) is 68.7 Å². The van der Waals surface area contributed by atoms with Crippen LogP contribution in [0.3, 0.4) is 0 Å². The van der Waals surface area contributed by atoms with E-state index in [1.165, 1.54) is 0 Å². The van der Waals surface area contributed by atoms with Gasteiger partial charge in [-0.25, -0.2) is 8.42 Å². The first kappa shape index (κ1) is 23.6. The first-order valence-electron chi connectivity index (χ1n) is 10.6. The topological polar surface area (TPSA) is 105 Å². The quantitative estimate of drug-likeness (QED) is 0.600. The summed E-state index contributed by atoms with van der Waals surface area (Å²) >= 11 is 0. The molecule has 1 heterocycles. The molecule has 3 rings (SSSR count). The summed E-state index contributed by atoms with van der Waals surface area (Å²) in [5.74, 6) is -0.578. The number of hydrogen-bond acceptors (Lipinski definition) is 5. The minimum Gasteiger partial charge on any atom is -0.491 e. The minimum absolute atomic E-state index is 0.0160. The van der Waals surface area contributed by atoms with Crippen molar-refractivity contribution in [1.82, 2.24) is 5.32 Å². The fraction of sp³-hybridized carbons (Fsp3) is 0.391. The van der Waals surface area contributed by atoms with Gasteiger partial charge in [0.15, 0.2) is 0 Å². The average Bonchev–Trinajstić information content (AvgIpc) is 2.73. The smallest absolute Gasteiger partial charge is 0.241 e. The number of amides is 2. The first-order valence-corrected chi connectivity index (χ1v) is 12.3. The van der Waals surface area contributed by atoms with Gasteiger partial charge >= 0.3 is 0 Å². The molecule has 8 nitrogen and oxygen atoms in total. The van der Waals surface area contributed by atoms with Crippen LogP contribution in [0.5, 0.6) is 5.75 Å². The van der Waals surface area contributed by atoms with Crippen molar-refractivity contribution < 1.29 is 22.7 Å². The summed E-state index contributed by atoms with van der Waals surface area (Å²) in [6, 6.07) is 13.9. The Morgan fingerprint density at radius 1 is 1.12 bits per heavy atom. The molecule has 2 aromatic carbocycles. The molecule has 2 amide bonds. The van der Waals surface area contributed by atoms with Gasteiger partial charge in [0.2, 0.25) is 21.8 Å². The number of carbonyl (C=O) groups excluding carboxylic acids is 2. The molecule has 0 saturated carbocycles. The van der Waals surface area contributed by atoms with E-state index in [0.717, 1.165) is 24.1 Å². The number of rotatable bonds is 9. The first-order chi connectivity index (χ1) is 15.2. The summed E-state index contributed by atoms with van der Waals surface area (Å²) < 4.78 is 32.6. The number of anilines is 2. The Hall–Kier alpha value is -3.07. The van der Waals surface area contributed by atoms with Gasteiger partial charge in [0.25, 0.3) is 0 Å². The molecular weight excluding hydrogens is 430 g/mol. The van der Waals surface area contributed by atoms with E-state index in [1.54, 1.807) is 29.2 Å². The maximum atomic E-state index is 12.3. The zero-order valence-electron chi connectivity index (χ0n) is 18.3. The van der Waals surface area contributed by atoms with Crippen LogP contribution >= 0.6 is 0 Å². The van der Waals surface area contributed by atoms with Gasteiger partial charge in [-0.15, -0.1) is 0 Å². The predicted octanol–water partition coefficient (Wildman–Crippen LogP) is 3.05. The lowest BCUT2D eigenvalue weighted by Gasteiger charge is -2.27. The zero-order valence-corrected chi connectivity index (χ0v) is 19.2. The van der Waals surface area contributed by atoms with Crippen LogP contribution in [-0.4, -0.2) is 38.6 Å². The molecular formula is C23H29N3O5S. The lowest BCUT2D eigenvalue weighted by atomic mass is 10.1. The summed E-state index contributed by atoms with van der Waals surface area (Å²) in [4.78, 5) is 26.1. The van der Waals surface area contributed by atoms with Crippen LogP contribution in [0.2, 0.25) is 0 Å². The van der Waals surface area contributed by atoms with Crippen LogP contribution in [-0.2, 0) is 26.2 Å². The Morgan fingerprint density at radius 3 is 2.56 bits per heavy atom. The van der Waals surface area contributed by atoms with Crippen molar-refractivity contribution in [1.29, 1.82) is 0 Å². The highest BCUT2D eigenvalue weighted by molar-refractivity contribution is 7.93. The van der Waals surface area contributed by atoms with E-state index in [1.807, 2.05) is 38.1 Å². The van der Waals surface area contributed by atoms with E-state index >= 15 is 0 Å². The van der Waals surface area contributed by atoms with Gasteiger partial charge in [-0.2, -0.15) is 0 Å². The minimum atomic E-state index is -3.86. The van der Waals surface area contributed by atoms with Gasteiger partial charge in [0.1, 0.15) is 11.5 Å². The van der Waals surface area contributed by atoms with Crippen molar-refractivity contribution in [3.8, 4) is 5.75 Å². The molecule has 32 heavy (non-hydrogen) atoms. The van der Waals surface area contributed by atoms with E-state index in [9.17, 15) is 18.0 Å². The van der Waals surface area contributed by atoms with Gasteiger partial charge < -0.3 is 15.0 Å². The lowest BCUT2D eigenvalue weighted by Crippen LogP contribution is -2.35. The van der Waals surface area contributed by atoms with Crippen molar-refractivity contribution in [3.05, 3.63) is 54.1 Å². The number of piperidine rings is 1. The highest BCUT2D eigenvalue weighted by Gasteiger charge is 2.20. The van der Waals surface area contributed by atoms with Crippen molar-refractivity contribution in [2.24, 2.45) is 0 Å². The Kier molecular flexibility index (Phi) is 7.74. The van der Waals surface area contributed by atoms with E-state index in [-0.39, 0.29) is 18.6 Å². The average molecular weight is 460 g/mol. The van der Waals surface area contributed by atoms with E-state index in [4.69, 9.17) is 4.74 Å². The molecule has 1 aliphatic heterocycles. The van der Waals surface area contributed by atoms with Crippen molar-refractivity contribution in [2.75, 3.05) is 21.9 Å². The van der Waals surface area contributed by atoms with Crippen molar-refractivity contribution >= 4 is 33.2 Å². The summed E-state index contributed by atoms with van der Waals surface area (Å²) in [6.45, 7) is 4.66. The number of hydrogen-bond donors (Lipinski definition) is 2. The lowest BCUT2D eigenvalue weighted by molar-refractivity contribution is -0.120. The standard InChI is InChI=1S/C23H29N3O5S/c1-17(2)31-21-11-9-19(10-12-21)25-32(29,30)16-22(27)24-15-18-6-5-7-20(14-18)26-13-4-3-8-23(26)28/h5-7,9-12,14,17,25H,3-4,8,13,15-16H2,1-2H3,(H,24,27). The molecule has 0 aromatic heterocycles.